The normalized spacial score (nSPS) is 13.8. The van der Waals surface area contributed by atoms with Crippen molar-refractivity contribution in [2.24, 2.45) is 5.92 Å². The molecule has 1 aliphatic heterocycles. The lowest BCUT2D eigenvalue weighted by atomic mass is 9.96. The molecule has 0 unspecified atom stereocenters. The van der Waals surface area contributed by atoms with Gasteiger partial charge in [0.1, 0.15) is 18.1 Å². The first-order valence-electron chi connectivity index (χ1n) is 13.0. The standard InChI is InChI=1S/C31H29N3O5S/c35-28-27(16-11-22-17-19-33(20-18-22)31(37)38-21-23-7-3-1-4-8-23)29(36)34(30(40)32-28)24-12-14-26(15-13-24)39-25-9-5-2-6-10-25/h1-16,22,36H,17-21H2,(H,32,35,40). The minimum Gasteiger partial charge on any atom is -0.494 e. The average Bonchev–Trinajstić information content (AvgIpc) is 2.98. The molecule has 5 rings (SSSR count). The Labute approximate surface area is 236 Å². The van der Waals surface area contributed by atoms with Crippen LogP contribution in [-0.2, 0) is 11.3 Å². The number of H-pyrrole nitrogens is 1. The van der Waals surface area contributed by atoms with Gasteiger partial charge in [-0.2, -0.15) is 0 Å². The van der Waals surface area contributed by atoms with E-state index in [1.165, 1.54) is 4.57 Å². The van der Waals surface area contributed by atoms with Crippen LogP contribution in [0, 0.1) is 10.7 Å². The van der Waals surface area contributed by atoms with Crippen molar-refractivity contribution in [3.05, 3.63) is 117 Å². The van der Waals surface area contributed by atoms with E-state index >= 15 is 0 Å². The Morgan fingerprint density at radius 1 is 0.950 bits per heavy atom. The van der Waals surface area contributed by atoms with Crippen molar-refractivity contribution >= 4 is 24.4 Å². The molecule has 0 saturated carbocycles. The summed E-state index contributed by atoms with van der Waals surface area (Å²) in [6.45, 7) is 1.34. The van der Waals surface area contributed by atoms with Crippen LogP contribution in [0.15, 0.2) is 95.8 Å². The first-order chi connectivity index (χ1) is 19.5. The zero-order valence-corrected chi connectivity index (χ0v) is 22.5. The zero-order valence-electron chi connectivity index (χ0n) is 21.7. The third-order valence-corrected chi connectivity index (χ3v) is 7.02. The largest absolute Gasteiger partial charge is 0.494 e. The minimum absolute atomic E-state index is 0.0821. The fraction of sp³-hybridized carbons (Fsp3) is 0.194. The molecule has 4 aromatic rings. The minimum atomic E-state index is -0.471. The molecule has 0 spiro atoms. The van der Waals surface area contributed by atoms with Crippen LogP contribution in [0.25, 0.3) is 11.8 Å². The summed E-state index contributed by atoms with van der Waals surface area (Å²) in [5.41, 5.74) is 1.16. The van der Waals surface area contributed by atoms with Gasteiger partial charge in [-0.3, -0.25) is 14.3 Å². The van der Waals surface area contributed by atoms with E-state index in [-0.39, 0.29) is 34.8 Å². The number of carbonyl (C=O) groups excluding carboxylic acids is 1. The Bertz CT molecular complexity index is 1590. The van der Waals surface area contributed by atoms with E-state index in [2.05, 4.69) is 4.98 Å². The highest BCUT2D eigenvalue weighted by Crippen LogP contribution is 2.26. The van der Waals surface area contributed by atoms with Crippen LogP contribution in [0.5, 0.6) is 17.4 Å². The summed E-state index contributed by atoms with van der Waals surface area (Å²) >= 11 is 5.35. The van der Waals surface area contributed by atoms with Gasteiger partial charge in [0.2, 0.25) is 5.88 Å². The van der Waals surface area contributed by atoms with E-state index < -0.39 is 5.56 Å². The molecule has 1 saturated heterocycles. The predicted molar refractivity (Wildman–Crippen MR) is 155 cm³/mol. The van der Waals surface area contributed by atoms with Gasteiger partial charge in [-0.15, -0.1) is 0 Å². The van der Waals surface area contributed by atoms with E-state index in [1.807, 2.05) is 66.7 Å². The number of allylic oxidation sites excluding steroid dienone is 1. The third-order valence-electron chi connectivity index (χ3n) is 6.73. The van der Waals surface area contributed by atoms with Crippen molar-refractivity contribution in [3.8, 4) is 23.1 Å². The van der Waals surface area contributed by atoms with Crippen molar-refractivity contribution in [1.82, 2.24) is 14.5 Å². The maximum atomic E-state index is 12.7. The molecule has 2 heterocycles. The van der Waals surface area contributed by atoms with Gasteiger partial charge in [-0.05, 0) is 79.0 Å². The molecule has 1 fully saturated rings. The number of carbonyl (C=O) groups is 1. The number of benzene rings is 3. The van der Waals surface area contributed by atoms with Gasteiger partial charge in [-0.1, -0.05) is 54.6 Å². The monoisotopic (exact) mass is 555 g/mol. The lowest BCUT2D eigenvalue weighted by Crippen LogP contribution is -2.38. The number of rotatable bonds is 7. The number of amides is 1. The van der Waals surface area contributed by atoms with Gasteiger partial charge in [0.25, 0.3) is 5.56 Å². The highest BCUT2D eigenvalue weighted by atomic mass is 32.1. The Morgan fingerprint density at radius 2 is 1.57 bits per heavy atom. The molecule has 9 heteroatoms. The van der Waals surface area contributed by atoms with Crippen LogP contribution in [0.2, 0.25) is 0 Å². The van der Waals surface area contributed by atoms with Gasteiger partial charge < -0.3 is 19.5 Å². The van der Waals surface area contributed by atoms with Crippen LogP contribution >= 0.6 is 12.2 Å². The van der Waals surface area contributed by atoms with Gasteiger partial charge in [-0.25, -0.2) is 4.79 Å². The topological polar surface area (TPSA) is 96.8 Å². The smallest absolute Gasteiger partial charge is 0.410 e. The highest BCUT2D eigenvalue weighted by molar-refractivity contribution is 7.71. The number of ether oxygens (including phenoxy) is 2. The van der Waals surface area contributed by atoms with Crippen molar-refractivity contribution in [2.45, 2.75) is 19.4 Å². The number of piperidine rings is 1. The fourth-order valence-electron chi connectivity index (χ4n) is 4.53. The summed E-state index contributed by atoms with van der Waals surface area (Å²) in [6, 6.07) is 26.0. The third kappa shape index (κ3) is 6.50. The number of aromatic amines is 1. The molecule has 0 bridgehead atoms. The maximum Gasteiger partial charge on any atom is 0.410 e. The lowest BCUT2D eigenvalue weighted by molar-refractivity contribution is 0.0855. The van der Waals surface area contributed by atoms with Gasteiger partial charge in [0, 0.05) is 13.1 Å². The van der Waals surface area contributed by atoms with Gasteiger partial charge in [0.15, 0.2) is 4.77 Å². The van der Waals surface area contributed by atoms with E-state index in [4.69, 9.17) is 21.7 Å². The highest BCUT2D eigenvalue weighted by Gasteiger charge is 2.23. The first kappa shape index (κ1) is 27.0. The van der Waals surface area contributed by atoms with E-state index in [9.17, 15) is 14.7 Å². The molecule has 1 aromatic heterocycles. The molecule has 3 aromatic carbocycles. The molecule has 204 valence electrons. The van der Waals surface area contributed by atoms with Crippen LogP contribution in [-0.4, -0.2) is 38.7 Å². The van der Waals surface area contributed by atoms with Crippen molar-refractivity contribution in [2.75, 3.05) is 13.1 Å². The summed E-state index contributed by atoms with van der Waals surface area (Å²) in [5, 5.41) is 11.0. The molecule has 2 N–H and O–H groups in total. The molecule has 0 radical (unpaired) electrons. The van der Waals surface area contributed by atoms with Crippen molar-refractivity contribution in [3.63, 3.8) is 0 Å². The maximum absolute atomic E-state index is 12.7. The summed E-state index contributed by atoms with van der Waals surface area (Å²) in [5.74, 6) is 1.23. The number of aromatic hydroxyl groups is 1. The number of aromatic nitrogens is 2. The second-order valence-corrected chi connectivity index (χ2v) is 9.85. The molecular formula is C31H29N3O5S. The number of nitrogens with zero attached hydrogens (tertiary/aromatic N) is 2. The predicted octanol–water partition coefficient (Wildman–Crippen LogP) is 6.45. The van der Waals surface area contributed by atoms with Gasteiger partial charge in [0.05, 0.1) is 11.3 Å². The Hall–Kier alpha value is -4.63. The number of nitrogens with one attached hydrogen (secondary N) is 1. The quantitative estimate of drug-likeness (QED) is 0.254. The molecule has 40 heavy (non-hydrogen) atoms. The van der Waals surface area contributed by atoms with Gasteiger partial charge >= 0.3 is 6.09 Å². The summed E-state index contributed by atoms with van der Waals surface area (Å²) in [7, 11) is 0. The second-order valence-electron chi connectivity index (χ2n) is 9.46. The number of hydrogen-bond donors (Lipinski definition) is 2. The zero-order chi connectivity index (χ0) is 27.9. The molecule has 0 atom stereocenters. The Kier molecular flexibility index (Phi) is 8.41. The Balaban J connectivity index is 1.23. The Morgan fingerprint density at radius 3 is 2.25 bits per heavy atom. The first-order valence-corrected chi connectivity index (χ1v) is 13.4. The summed E-state index contributed by atoms with van der Waals surface area (Å²) < 4.78 is 12.8. The number of likely N-dealkylation sites (tertiary alicyclic amines) is 1. The van der Waals surface area contributed by atoms with E-state index in [0.29, 0.717) is 30.3 Å². The van der Waals surface area contributed by atoms with Crippen LogP contribution in [0.4, 0.5) is 4.79 Å². The number of para-hydroxylation sites is 1. The van der Waals surface area contributed by atoms with Crippen molar-refractivity contribution in [1.29, 1.82) is 0 Å². The number of hydrogen-bond acceptors (Lipinski definition) is 6. The average molecular weight is 556 g/mol. The van der Waals surface area contributed by atoms with Crippen LogP contribution in [0.3, 0.4) is 0 Å². The summed E-state index contributed by atoms with van der Waals surface area (Å²) in [4.78, 5) is 29.5. The van der Waals surface area contributed by atoms with Crippen LogP contribution < -0.4 is 10.3 Å². The second kappa shape index (κ2) is 12.5. The van der Waals surface area contributed by atoms with E-state index in [0.717, 1.165) is 18.4 Å². The molecule has 8 nitrogen and oxygen atoms in total. The molecule has 1 aliphatic rings. The molecule has 1 amide bonds. The van der Waals surface area contributed by atoms with Crippen LogP contribution in [0.1, 0.15) is 24.0 Å². The van der Waals surface area contributed by atoms with E-state index in [1.54, 1.807) is 35.2 Å². The lowest BCUT2D eigenvalue weighted by Gasteiger charge is -2.30. The molecular weight excluding hydrogens is 526 g/mol. The fourth-order valence-corrected chi connectivity index (χ4v) is 4.82. The van der Waals surface area contributed by atoms with Crippen molar-refractivity contribution < 1.29 is 19.4 Å². The summed E-state index contributed by atoms with van der Waals surface area (Å²) in [6.07, 6.45) is 4.64. The SMILES string of the molecule is O=C(OCc1ccccc1)N1CCC(C=Cc2c(O)n(-c3ccc(Oc4ccccc4)cc3)c(=S)[nH]c2=O)CC1. The molecule has 0 aliphatic carbocycles.